The first-order valence-corrected chi connectivity index (χ1v) is 10.0. The molecule has 160 valence electrons. The Hall–Kier alpha value is -3.33. The van der Waals surface area contributed by atoms with Crippen molar-refractivity contribution >= 4 is 28.0 Å². The van der Waals surface area contributed by atoms with Gasteiger partial charge in [0.1, 0.15) is 0 Å². The number of pyridine rings is 1. The molecule has 5 rings (SSSR count). The molecule has 2 N–H and O–H groups in total. The molecule has 1 aromatic carbocycles. The van der Waals surface area contributed by atoms with E-state index >= 15 is 0 Å². The number of aromatic amines is 1. The minimum absolute atomic E-state index is 0.00217. The fourth-order valence-corrected chi connectivity index (χ4v) is 4.48. The maximum Gasteiger partial charge on any atom is 0.332 e. The molecule has 0 saturated carbocycles. The molecular weight excluding hydrogens is 406 g/mol. The Kier molecular flexibility index (Phi) is 4.51. The third-order valence-corrected chi connectivity index (χ3v) is 5.81. The van der Waals surface area contributed by atoms with Crippen LogP contribution in [0.5, 0.6) is 0 Å². The molecule has 0 bridgehead atoms. The van der Waals surface area contributed by atoms with Gasteiger partial charge in [-0.3, -0.25) is 5.10 Å². The smallest absolute Gasteiger partial charge is 0.332 e. The number of aliphatic carboxylic acids is 1. The Morgan fingerprint density at radius 1 is 1.29 bits per heavy atom. The Morgan fingerprint density at radius 2 is 2.10 bits per heavy atom. The molecule has 9 heteroatoms. The number of fused-ring (bicyclic) bond motifs is 2. The van der Waals surface area contributed by atoms with Gasteiger partial charge in [-0.15, -0.1) is 0 Å². The Balaban J connectivity index is 1.83. The number of carboxylic acids is 1. The van der Waals surface area contributed by atoms with Crippen LogP contribution in [0.3, 0.4) is 0 Å². The van der Waals surface area contributed by atoms with E-state index in [1.165, 1.54) is 6.07 Å². The highest BCUT2D eigenvalue weighted by Crippen LogP contribution is 2.42. The summed E-state index contributed by atoms with van der Waals surface area (Å²) in [5, 5.41) is 17.1. The summed E-state index contributed by atoms with van der Waals surface area (Å²) in [6.07, 6.45) is 1.08. The van der Waals surface area contributed by atoms with E-state index in [9.17, 15) is 18.7 Å². The zero-order chi connectivity index (χ0) is 21.9. The number of H-pyrrole nitrogens is 1. The van der Waals surface area contributed by atoms with Gasteiger partial charge in [-0.25, -0.2) is 18.6 Å². The van der Waals surface area contributed by atoms with Crippen molar-refractivity contribution in [2.24, 2.45) is 0 Å². The van der Waals surface area contributed by atoms with E-state index in [0.29, 0.717) is 23.3 Å². The van der Waals surface area contributed by atoms with Crippen LogP contribution in [0.1, 0.15) is 43.4 Å². The molecule has 0 amide bonds. The van der Waals surface area contributed by atoms with Crippen molar-refractivity contribution in [3.8, 4) is 5.69 Å². The van der Waals surface area contributed by atoms with Gasteiger partial charge in [0.15, 0.2) is 23.4 Å². The van der Waals surface area contributed by atoms with Crippen LogP contribution < -0.4 is 0 Å². The summed E-state index contributed by atoms with van der Waals surface area (Å²) < 4.78 is 35.2. The second-order valence-corrected chi connectivity index (χ2v) is 8.14. The Morgan fingerprint density at radius 3 is 2.77 bits per heavy atom. The average molecular weight is 426 g/mol. The van der Waals surface area contributed by atoms with E-state index in [1.807, 2.05) is 24.5 Å². The van der Waals surface area contributed by atoms with Crippen LogP contribution in [0.4, 0.5) is 8.78 Å². The summed E-state index contributed by atoms with van der Waals surface area (Å²) >= 11 is 0. The first-order chi connectivity index (χ1) is 14.8. The number of nitrogens with one attached hydrogen (secondary N) is 1. The normalized spacial score (nSPS) is 19.1. The summed E-state index contributed by atoms with van der Waals surface area (Å²) in [5.74, 6) is -3.06. The van der Waals surface area contributed by atoms with E-state index in [0.717, 1.165) is 34.3 Å². The van der Waals surface area contributed by atoms with Gasteiger partial charge in [0.05, 0.1) is 23.8 Å². The summed E-state index contributed by atoms with van der Waals surface area (Å²) in [4.78, 5) is 16.2. The van der Waals surface area contributed by atoms with Gasteiger partial charge in [-0.05, 0) is 30.5 Å². The standard InChI is InChI=1S/C22H20F2N4O3/c1-10(2)20-18(12-6-17(22(29)30)31-9-12)19-16(5-11-8-25-27-21(11)26-19)28(20)13-3-4-14(23)15(24)7-13/h3-5,7-8,10,12,17H,6,9H2,1-2H3,(H,29,30)(H,25,26,27)/t12-,17+/m0/s1. The molecule has 3 aromatic heterocycles. The van der Waals surface area contributed by atoms with Gasteiger partial charge in [-0.1, -0.05) is 13.8 Å². The fraction of sp³-hybridized carbons (Fsp3) is 0.318. The van der Waals surface area contributed by atoms with Crippen LogP contribution in [-0.4, -0.2) is 43.5 Å². The van der Waals surface area contributed by atoms with E-state index in [1.54, 1.807) is 6.20 Å². The van der Waals surface area contributed by atoms with Crippen molar-refractivity contribution in [1.82, 2.24) is 19.7 Å². The SMILES string of the molecule is CC(C)c1c([C@@H]2CO[C@@H](C(=O)O)C2)c2nc3[nH]ncc3cc2n1-c1ccc(F)c(F)c1. The van der Waals surface area contributed by atoms with Gasteiger partial charge in [0.2, 0.25) is 0 Å². The molecule has 0 radical (unpaired) electrons. The van der Waals surface area contributed by atoms with Gasteiger partial charge >= 0.3 is 5.97 Å². The number of benzene rings is 1. The molecule has 1 aliphatic heterocycles. The zero-order valence-electron chi connectivity index (χ0n) is 16.9. The molecule has 1 saturated heterocycles. The molecule has 0 unspecified atom stereocenters. The van der Waals surface area contributed by atoms with E-state index < -0.39 is 23.7 Å². The maximum absolute atomic E-state index is 14.1. The van der Waals surface area contributed by atoms with Crippen LogP contribution in [0.2, 0.25) is 0 Å². The molecular formula is C22H20F2N4O3. The summed E-state index contributed by atoms with van der Waals surface area (Å²) in [5.41, 5.74) is 4.20. The van der Waals surface area contributed by atoms with Crippen molar-refractivity contribution in [2.75, 3.05) is 6.61 Å². The topological polar surface area (TPSA) is 93.0 Å². The second kappa shape index (κ2) is 7.12. The predicted molar refractivity (Wildman–Crippen MR) is 109 cm³/mol. The predicted octanol–water partition coefficient (Wildman–Crippen LogP) is 4.26. The monoisotopic (exact) mass is 426 g/mol. The molecule has 1 aliphatic rings. The maximum atomic E-state index is 14.1. The highest BCUT2D eigenvalue weighted by Gasteiger charge is 2.36. The van der Waals surface area contributed by atoms with Gasteiger partial charge in [0, 0.05) is 34.3 Å². The number of hydrogen-bond acceptors (Lipinski definition) is 4. The molecule has 4 aromatic rings. The number of hydrogen-bond donors (Lipinski definition) is 2. The van der Waals surface area contributed by atoms with Crippen LogP contribution in [0.15, 0.2) is 30.5 Å². The first kappa shape index (κ1) is 19.6. The van der Waals surface area contributed by atoms with Gasteiger partial charge in [-0.2, -0.15) is 5.10 Å². The van der Waals surface area contributed by atoms with Crippen LogP contribution in [-0.2, 0) is 9.53 Å². The van der Waals surface area contributed by atoms with E-state index in [2.05, 4.69) is 10.2 Å². The van der Waals surface area contributed by atoms with Crippen molar-refractivity contribution < 1.29 is 23.4 Å². The van der Waals surface area contributed by atoms with Crippen molar-refractivity contribution in [1.29, 1.82) is 0 Å². The number of aromatic nitrogens is 4. The fourth-order valence-electron chi connectivity index (χ4n) is 4.48. The lowest BCUT2D eigenvalue weighted by molar-refractivity contribution is -0.147. The number of carbonyl (C=O) groups is 1. The molecule has 0 spiro atoms. The average Bonchev–Trinajstić information content (AvgIpc) is 3.44. The van der Waals surface area contributed by atoms with Crippen LogP contribution >= 0.6 is 0 Å². The first-order valence-electron chi connectivity index (χ1n) is 10.0. The highest BCUT2D eigenvalue weighted by atomic mass is 19.2. The lowest BCUT2D eigenvalue weighted by atomic mass is 9.91. The quantitative estimate of drug-likeness (QED) is 0.509. The number of nitrogens with zero attached hydrogens (tertiary/aromatic N) is 3. The number of ether oxygens (including phenoxy) is 1. The minimum atomic E-state index is -0.998. The highest BCUT2D eigenvalue weighted by molar-refractivity contribution is 5.93. The molecule has 7 nitrogen and oxygen atoms in total. The Labute approximate surface area is 175 Å². The largest absolute Gasteiger partial charge is 0.479 e. The molecule has 0 aliphatic carbocycles. The summed E-state index contributed by atoms with van der Waals surface area (Å²) in [6.45, 7) is 4.26. The number of halogens is 2. The third kappa shape index (κ3) is 3.07. The lowest BCUT2D eigenvalue weighted by Crippen LogP contribution is -2.18. The Bertz CT molecular complexity index is 1330. The van der Waals surface area contributed by atoms with Gasteiger partial charge < -0.3 is 14.4 Å². The van der Waals surface area contributed by atoms with E-state index in [4.69, 9.17) is 9.72 Å². The van der Waals surface area contributed by atoms with Crippen LogP contribution in [0.25, 0.3) is 27.8 Å². The van der Waals surface area contributed by atoms with Crippen LogP contribution in [0, 0.1) is 11.6 Å². The minimum Gasteiger partial charge on any atom is -0.479 e. The second-order valence-electron chi connectivity index (χ2n) is 8.14. The molecule has 1 fully saturated rings. The van der Waals surface area contributed by atoms with Gasteiger partial charge in [0.25, 0.3) is 0 Å². The van der Waals surface area contributed by atoms with Crippen molar-refractivity contribution in [3.63, 3.8) is 0 Å². The lowest BCUT2D eigenvalue weighted by Gasteiger charge is -2.17. The summed E-state index contributed by atoms with van der Waals surface area (Å²) in [6, 6.07) is 5.69. The van der Waals surface area contributed by atoms with E-state index in [-0.39, 0.29) is 18.4 Å². The van der Waals surface area contributed by atoms with Crippen molar-refractivity contribution in [2.45, 2.75) is 38.2 Å². The summed E-state index contributed by atoms with van der Waals surface area (Å²) in [7, 11) is 0. The number of carboxylic acid groups (broad SMARTS) is 1. The zero-order valence-corrected chi connectivity index (χ0v) is 16.9. The molecule has 4 heterocycles. The molecule has 31 heavy (non-hydrogen) atoms. The van der Waals surface area contributed by atoms with Crippen molar-refractivity contribution in [3.05, 3.63) is 53.4 Å². The molecule has 2 atom stereocenters. The third-order valence-electron chi connectivity index (χ3n) is 5.81. The number of rotatable bonds is 4.